The number of nitrogens with zero attached hydrogens (tertiary/aromatic N) is 3. The normalized spacial score (nSPS) is 28.1. The van der Waals surface area contributed by atoms with Gasteiger partial charge in [0.05, 0.1) is 0 Å². The maximum Gasteiger partial charge on any atom is 0.240 e. The molecule has 1 saturated carbocycles. The van der Waals surface area contributed by atoms with Gasteiger partial charge in [0.25, 0.3) is 0 Å². The largest absolute Gasteiger partial charge is 0.366 e. The monoisotopic (exact) mass is 182 g/mol. The topological polar surface area (TPSA) is 109 Å². The van der Waals surface area contributed by atoms with Crippen LogP contribution >= 0.6 is 0 Å². The molecule has 2 atom stereocenters. The van der Waals surface area contributed by atoms with E-state index in [0.29, 0.717) is 5.82 Å². The first-order chi connectivity index (χ1) is 6.20. The summed E-state index contributed by atoms with van der Waals surface area (Å²) in [6.07, 6.45) is 3.17. The Kier molecular flexibility index (Phi) is 1.84. The summed E-state index contributed by atoms with van der Waals surface area (Å²) in [6.45, 7) is 0. The van der Waals surface area contributed by atoms with Crippen LogP contribution < -0.4 is 17.3 Å². The van der Waals surface area contributed by atoms with E-state index in [1.807, 2.05) is 0 Å². The molecule has 6 N–H and O–H groups in total. The smallest absolute Gasteiger partial charge is 0.240 e. The molecule has 0 saturated heterocycles. The summed E-state index contributed by atoms with van der Waals surface area (Å²) in [7, 11) is 0. The summed E-state index contributed by atoms with van der Waals surface area (Å²) in [4.78, 5) is 0. The highest BCUT2D eigenvalue weighted by atomic mass is 15.4. The first kappa shape index (κ1) is 8.31. The van der Waals surface area contributed by atoms with Crippen molar-refractivity contribution in [3.63, 3.8) is 0 Å². The molecule has 2 unspecified atom stereocenters. The van der Waals surface area contributed by atoms with E-state index < -0.39 is 0 Å². The minimum atomic E-state index is 0.144. The van der Waals surface area contributed by atoms with Gasteiger partial charge in [-0.2, -0.15) is 0 Å². The summed E-state index contributed by atoms with van der Waals surface area (Å²) in [5.74, 6) is 6.83. The molecular weight excluding hydrogens is 168 g/mol. The minimum Gasteiger partial charge on any atom is -0.366 e. The lowest BCUT2D eigenvalue weighted by Gasteiger charge is -2.13. The van der Waals surface area contributed by atoms with Crippen LogP contribution in [0.15, 0.2) is 0 Å². The van der Waals surface area contributed by atoms with Gasteiger partial charge in [0.1, 0.15) is 0 Å². The van der Waals surface area contributed by atoms with Crippen molar-refractivity contribution in [1.29, 1.82) is 0 Å². The molecule has 0 aromatic carbocycles. The molecule has 2 rings (SSSR count). The van der Waals surface area contributed by atoms with Crippen molar-refractivity contribution in [1.82, 2.24) is 14.9 Å². The highest BCUT2D eigenvalue weighted by molar-refractivity contribution is 5.20. The van der Waals surface area contributed by atoms with Crippen molar-refractivity contribution >= 4 is 5.95 Å². The third-order valence-electron chi connectivity index (χ3n) is 2.65. The molecule has 6 heteroatoms. The quantitative estimate of drug-likeness (QED) is 0.491. The van der Waals surface area contributed by atoms with Gasteiger partial charge in [0, 0.05) is 12.0 Å². The van der Waals surface area contributed by atoms with Crippen LogP contribution in [-0.2, 0) is 0 Å². The van der Waals surface area contributed by atoms with Gasteiger partial charge in [0.15, 0.2) is 5.82 Å². The van der Waals surface area contributed by atoms with Crippen molar-refractivity contribution in [2.45, 2.75) is 31.2 Å². The molecule has 0 spiro atoms. The predicted octanol–water partition coefficient (Wildman–Crippen LogP) is -0.831. The van der Waals surface area contributed by atoms with Crippen molar-refractivity contribution in [3.05, 3.63) is 5.82 Å². The third kappa shape index (κ3) is 1.23. The Hall–Kier alpha value is -1.30. The number of nitrogens with two attached hydrogens (primary N) is 3. The Morgan fingerprint density at radius 3 is 2.54 bits per heavy atom. The fourth-order valence-corrected chi connectivity index (χ4v) is 1.88. The van der Waals surface area contributed by atoms with Crippen LogP contribution in [0.2, 0.25) is 0 Å². The molecule has 0 bridgehead atoms. The van der Waals surface area contributed by atoms with Crippen LogP contribution in [-0.4, -0.2) is 20.9 Å². The second-order valence-corrected chi connectivity index (χ2v) is 3.49. The summed E-state index contributed by atoms with van der Waals surface area (Å²) >= 11 is 0. The summed E-state index contributed by atoms with van der Waals surface area (Å²) in [5, 5.41) is 7.64. The molecule has 1 fully saturated rings. The lowest BCUT2D eigenvalue weighted by Crippen LogP contribution is -2.27. The number of rotatable bonds is 1. The zero-order valence-electron chi connectivity index (χ0n) is 7.35. The molecule has 72 valence electrons. The van der Waals surface area contributed by atoms with Crippen molar-refractivity contribution < 1.29 is 0 Å². The maximum atomic E-state index is 5.91. The lowest BCUT2D eigenvalue weighted by molar-refractivity contribution is 0.567. The number of nitrogen functional groups attached to an aromatic ring is 2. The van der Waals surface area contributed by atoms with Gasteiger partial charge in [-0.15, -0.1) is 10.2 Å². The maximum absolute atomic E-state index is 5.91. The molecule has 1 aliphatic carbocycles. The Morgan fingerprint density at radius 1 is 1.31 bits per heavy atom. The molecule has 6 nitrogen and oxygen atoms in total. The van der Waals surface area contributed by atoms with Crippen LogP contribution in [0.5, 0.6) is 0 Å². The van der Waals surface area contributed by atoms with Gasteiger partial charge < -0.3 is 17.3 Å². The summed E-state index contributed by atoms with van der Waals surface area (Å²) in [6, 6.07) is 0.144. The Bertz CT molecular complexity index is 306. The second-order valence-electron chi connectivity index (χ2n) is 3.49. The average Bonchev–Trinajstić information content (AvgIpc) is 2.62. The molecule has 0 aliphatic heterocycles. The standard InChI is InChI=1S/C7H14N6/c8-5-3-1-2-4(5)6-11-12-7(9)13(6)10/h4-5H,1-3,8,10H2,(H2,9,12). The van der Waals surface area contributed by atoms with E-state index in [0.717, 1.165) is 19.3 Å². The van der Waals surface area contributed by atoms with Gasteiger partial charge in [-0.05, 0) is 12.8 Å². The second kappa shape index (κ2) is 2.88. The van der Waals surface area contributed by atoms with Crippen molar-refractivity contribution in [2.75, 3.05) is 11.6 Å². The third-order valence-corrected chi connectivity index (χ3v) is 2.65. The van der Waals surface area contributed by atoms with Gasteiger partial charge in [-0.25, -0.2) is 4.68 Å². The predicted molar refractivity (Wildman–Crippen MR) is 49.2 cm³/mol. The first-order valence-corrected chi connectivity index (χ1v) is 4.41. The average molecular weight is 182 g/mol. The zero-order chi connectivity index (χ0) is 9.42. The van der Waals surface area contributed by atoms with Crippen LogP contribution in [0.4, 0.5) is 5.95 Å². The Labute approximate surface area is 76.1 Å². The van der Waals surface area contributed by atoms with Crippen molar-refractivity contribution in [2.24, 2.45) is 5.73 Å². The van der Waals surface area contributed by atoms with Crippen LogP contribution in [0.25, 0.3) is 0 Å². The molecule has 13 heavy (non-hydrogen) atoms. The highest BCUT2D eigenvalue weighted by Gasteiger charge is 2.29. The van der Waals surface area contributed by atoms with E-state index >= 15 is 0 Å². The number of hydrogen-bond acceptors (Lipinski definition) is 5. The molecule has 1 aliphatic rings. The SMILES string of the molecule is Nc1nnc(C2CCCC2N)n1N. The Morgan fingerprint density at radius 2 is 2.08 bits per heavy atom. The summed E-state index contributed by atoms with van der Waals surface area (Å²) in [5.41, 5.74) is 11.4. The highest BCUT2D eigenvalue weighted by Crippen LogP contribution is 2.31. The molecule has 1 aromatic rings. The zero-order valence-corrected chi connectivity index (χ0v) is 7.35. The van der Waals surface area contributed by atoms with E-state index in [-0.39, 0.29) is 17.9 Å². The first-order valence-electron chi connectivity index (χ1n) is 4.41. The number of aromatic nitrogens is 3. The molecular formula is C7H14N6. The lowest BCUT2D eigenvalue weighted by atomic mass is 10.0. The van der Waals surface area contributed by atoms with E-state index in [9.17, 15) is 0 Å². The molecule has 1 heterocycles. The van der Waals surface area contributed by atoms with E-state index in [4.69, 9.17) is 17.3 Å². The summed E-state index contributed by atoms with van der Waals surface area (Å²) < 4.78 is 1.33. The number of anilines is 1. The van der Waals surface area contributed by atoms with Crippen LogP contribution in [0.3, 0.4) is 0 Å². The minimum absolute atomic E-state index is 0.144. The van der Waals surface area contributed by atoms with Gasteiger partial charge in [-0.3, -0.25) is 0 Å². The van der Waals surface area contributed by atoms with Gasteiger partial charge in [-0.1, -0.05) is 6.42 Å². The van der Waals surface area contributed by atoms with Gasteiger partial charge >= 0.3 is 0 Å². The van der Waals surface area contributed by atoms with Crippen LogP contribution in [0.1, 0.15) is 31.0 Å². The number of hydrogen-bond donors (Lipinski definition) is 3. The van der Waals surface area contributed by atoms with Gasteiger partial charge in [0.2, 0.25) is 5.95 Å². The van der Waals surface area contributed by atoms with Crippen molar-refractivity contribution in [3.8, 4) is 0 Å². The van der Waals surface area contributed by atoms with Crippen LogP contribution in [0, 0.1) is 0 Å². The molecule has 0 radical (unpaired) electrons. The van der Waals surface area contributed by atoms with E-state index in [1.54, 1.807) is 0 Å². The molecule has 0 amide bonds. The van der Waals surface area contributed by atoms with E-state index in [1.165, 1.54) is 4.68 Å². The Balaban J connectivity index is 2.29. The van der Waals surface area contributed by atoms with E-state index in [2.05, 4.69) is 10.2 Å². The fourth-order valence-electron chi connectivity index (χ4n) is 1.88. The molecule has 1 aromatic heterocycles. The fraction of sp³-hybridized carbons (Fsp3) is 0.714.